The zero-order valence-electron chi connectivity index (χ0n) is 11.5. The fourth-order valence-electron chi connectivity index (χ4n) is 2.23. The van der Waals surface area contributed by atoms with E-state index < -0.39 is 11.6 Å². The summed E-state index contributed by atoms with van der Waals surface area (Å²) in [5.41, 5.74) is 5.65. The summed E-state index contributed by atoms with van der Waals surface area (Å²) < 4.78 is 27.9. The van der Waals surface area contributed by atoms with E-state index in [1.165, 1.54) is 12.1 Å². The van der Waals surface area contributed by atoms with Gasteiger partial charge in [0.15, 0.2) is 0 Å². The molecule has 0 aliphatic heterocycles. The minimum Gasteiger partial charge on any atom is -1.00 e. The Kier molecular flexibility index (Phi) is 5.66. The molecule has 108 valence electrons. The van der Waals surface area contributed by atoms with Crippen molar-refractivity contribution in [3.63, 3.8) is 0 Å². The van der Waals surface area contributed by atoms with E-state index in [9.17, 15) is 8.78 Å². The van der Waals surface area contributed by atoms with Crippen LogP contribution in [0.15, 0.2) is 42.5 Å². The minimum absolute atomic E-state index is 0. The number of hydrogen-bond donors (Lipinski definition) is 1. The summed E-state index contributed by atoms with van der Waals surface area (Å²) in [5, 5.41) is 0. The molecule has 20 heavy (non-hydrogen) atoms. The largest absolute Gasteiger partial charge is 1.00 e. The summed E-state index contributed by atoms with van der Waals surface area (Å²) in [6.45, 7) is 3.56. The lowest BCUT2D eigenvalue weighted by molar-refractivity contribution is -0.411. The second kappa shape index (κ2) is 6.82. The Morgan fingerprint density at radius 3 is 1.85 bits per heavy atom. The molecule has 2 aromatic carbocycles. The van der Waals surface area contributed by atoms with Crippen molar-refractivity contribution >= 4 is 0 Å². The number of halogens is 3. The van der Waals surface area contributed by atoms with Crippen molar-refractivity contribution in [1.82, 2.24) is 0 Å². The molecule has 2 rings (SSSR count). The highest BCUT2D eigenvalue weighted by Gasteiger charge is 2.19. The van der Waals surface area contributed by atoms with Crippen LogP contribution in [0.4, 0.5) is 8.78 Å². The molecule has 2 aromatic rings. The molecule has 0 saturated carbocycles. The molecule has 0 unspecified atom stereocenters. The third-order valence-electron chi connectivity index (χ3n) is 3.28. The molecule has 3 N–H and O–H groups in total. The van der Waals surface area contributed by atoms with Crippen molar-refractivity contribution < 1.29 is 26.9 Å². The fraction of sp³-hybridized carbons (Fsp3) is 0.250. The maximum absolute atomic E-state index is 14.0. The number of benzene rings is 2. The van der Waals surface area contributed by atoms with Gasteiger partial charge in [-0.05, 0) is 18.1 Å². The van der Waals surface area contributed by atoms with Crippen molar-refractivity contribution in [2.24, 2.45) is 0 Å². The van der Waals surface area contributed by atoms with E-state index in [-0.39, 0.29) is 29.9 Å². The van der Waals surface area contributed by atoms with E-state index in [1.54, 1.807) is 13.8 Å². The van der Waals surface area contributed by atoms with Gasteiger partial charge in [-0.15, -0.1) is 0 Å². The molecule has 0 aliphatic rings. The lowest BCUT2D eigenvalue weighted by Crippen LogP contribution is -3.00. The lowest BCUT2D eigenvalue weighted by atomic mass is 9.95. The monoisotopic (exact) mass is 297 g/mol. The van der Waals surface area contributed by atoms with Gasteiger partial charge in [-0.2, -0.15) is 0 Å². The summed E-state index contributed by atoms with van der Waals surface area (Å²) in [7, 11) is 0. The summed E-state index contributed by atoms with van der Waals surface area (Å²) in [5.74, 6) is -1.15. The molecular formula is C16H18ClF2N. The van der Waals surface area contributed by atoms with Crippen LogP contribution in [0.25, 0.3) is 0 Å². The minimum atomic E-state index is -0.491. The number of hydrogen-bond acceptors (Lipinski definition) is 0. The van der Waals surface area contributed by atoms with Crippen LogP contribution in [0.2, 0.25) is 0 Å². The quantitative estimate of drug-likeness (QED) is 0.851. The SMILES string of the molecule is CC(C)c1c(F)cc([C@@H]([NH3+])c2ccccc2)cc1F.[Cl-]. The molecule has 0 aromatic heterocycles. The Morgan fingerprint density at radius 1 is 0.900 bits per heavy atom. The second-order valence-corrected chi connectivity index (χ2v) is 5.02. The molecule has 0 aliphatic carbocycles. The molecule has 1 nitrogen and oxygen atoms in total. The van der Waals surface area contributed by atoms with Gasteiger partial charge in [0.1, 0.15) is 17.7 Å². The number of rotatable bonds is 3. The smallest absolute Gasteiger partial charge is 0.136 e. The lowest BCUT2D eigenvalue weighted by Gasteiger charge is -2.14. The van der Waals surface area contributed by atoms with Gasteiger partial charge >= 0.3 is 0 Å². The summed E-state index contributed by atoms with van der Waals surface area (Å²) in [4.78, 5) is 0. The maximum Gasteiger partial charge on any atom is 0.136 e. The van der Waals surface area contributed by atoms with E-state index in [1.807, 2.05) is 30.3 Å². The van der Waals surface area contributed by atoms with Crippen LogP contribution in [0, 0.1) is 11.6 Å². The van der Waals surface area contributed by atoms with Crippen molar-refractivity contribution in [1.29, 1.82) is 0 Å². The predicted octanol–water partition coefficient (Wildman–Crippen LogP) is 0.424. The summed E-state index contributed by atoms with van der Waals surface area (Å²) in [6, 6.07) is 12.0. The van der Waals surface area contributed by atoms with Crippen LogP contribution in [-0.4, -0.2) is 0 Å². The van der Waals surface area contributed by atoms with Gasteiger partial charge in [0.2, 0.25) is 0 Å². The van der Waals surface area contributed by atoms with Gasteiger partial charge in [-0.25, -0.2) is 8.78 Å². The Morgan fingerprint density at radius 2 is 1.40 bits per heavy atom. The predicted molar refractivity (Wildman–Crippen MR) is 71.6 cm³/mol. The van der Waals surface area contributed by atoms with Crippen LogP contribution in [0.3, 0.4) is 0 Å². The van der Waals surface area contributed by atoms with Gasteiger partial charge in [0.05, 0.1) is 0 Å². The van der Waals surface area contributed by atoms with E-state index >= 15 is 0 Å². The third-order valence-corrected chi connectivity index (χ3v) is 3.28. The molecule has 0 radical (unpaired) electrons. The normalized spacial score (nSPS) is 12.1. The molecule has 0 bridgehead atoms. The molecule has 0 amide bonds. The zero-order chi connectivity index (χ0) is 14.0. The molecule has 0 spiro atoms. The first kappa shape index (κ1) is 16.6. The van der Waals surface area contributed by atoms with Crippen molar-refractivity contribution in [3.8, 4) is 0 Å². The standard InChI is InChI=1S/C16H17F2N.ClH/c1-10(2)15-13(17)8-12(9-14(15)18)16(19)11-6-4-3-5-7-11;/h3-10,16H,19H2,1-2H3;1H/t16-;/m0./s1. The number of quaternary nitrogens is 1. The van der Waals surface area contributed by atoms with Gasteiger partial charge in [-0.1, -0.05) is 44.2 Å². The van der Waals surface area contributed by atoms with Gasteiger partial charge in [0.25, 0.3) is 0 Å². The Bertz CT molecular complexity index is 547. The average Bonchev–Trinajstić information content (AvgIpc) is 2.37. The van der Waals surface area contributed by atoms with Gasteiger partial charge < -0.3 is 18.1 Å². The molecule has 4 heteroatoms. The van der Waals surface area contributed by atoms with Crippen molar-refractivity contribution in [2.75, 3.05) is 0 Å². The van der Waals surface area contributed by atoms with Crippen molar-refractivity contribution in [3.05, 3.63) is 70.8 Å². The van der Waals surface area contributed by atoms with Crippen molar-refractivity contribution in [2.45, 2.75) is 25.8 Å². The van der Waals surface area contributed by atoms with Crippen LogP contribution < -0.4 is 18.1 Å². The summed E-state index contributed by atoms with van der Waals surface area (Å²) in [6.07, 6.45) is 0. The second-order valence-electron chi connectivity index (χ2n) is 5.02. The van der Waals surface area contributed by atoms with E-state index in [4.69, 9.17) is 0 Å². The van der Waals surface area contributed by atoms with E-state index in [0.29, 0.717) is 5.56 Å². The van der Waals surface area contributed by atoms with Crippen LogP contribution >= 0.6 is 0 Å². The maximum atomic E-state index is 14.0. The Balaban J connectivity index is 0.00000200. The van der Waals surface area contributed by atoms with Crippen LogP contribution in [-0.2, 0) is 0 Å². The Labute approximate surface area is 124 Å². The average molecular weight is 298 g/mol. The van der Waals surface area contributed by atoms with Crippen LogP contribution in [0.1, 0.15) is 42.5 Å². The molecule has 1 atom stereocenters. The topological polar surface area (TPSA) is 27.6 Å². The van der Waals surface area contributed by atoms with E-state index in [0.717, 1.165) is 5.56 Å². The highest BCUT2D eigenvalue weighted by Crippen LogP contribution is 2.26. The van der Waals surface area contributed by atoms with Gasteiger partial charge in [-0.3, -0.25) is 0 Å². The molecular weight excluding hydrogens is 280 g/mol. The molecule has 0 saturated heterocycles. The first-order chi connectivity index (χ1) is 9.00. The van der Waals surface area contributed by atoms with E-state index in [2.05, 4.69) is 5.73 Å². The molecule has 0 heterocycles. The first-order valence-corrected chi connectivity index (χ1v) is 6.37. The highest BCUT2D eigenvalue weighted by atomic mass is 35.5. The third kappa shape index (κ3) is 3.35. The van der Waals surface area contributed by atoms with Gasteiger partial charge in [0, 0.05) is 16.7 Å². The van der Waals surface area contributed by atoms with Crippen LogP contribution in [0.5, 0.6) is 0 Å². The first-order valence-electron chi connectivity index (χ1n) is 6.37. The Hall–Kier alpha value is -1.45. The highest BCUT2D eigenvalue weighted by molar-refractivity contribution is 5.34. The fourth-order valence-corrected chi connectivity index (χ4v) is 2.23. The summed E-state index contributed by atoms with van der Waals surface area (Å²) >= 11 is 0. The zero-order valence-corrected chi connectivity index (χ0v) is 12.3. The molecule has 0 fully saturated rings.